The lowest BCUT2D eigenvalue weighted by molar-refractivity contribution is 0.381. The number of aromatic nitrogens is 3. The van der Waals surface area contributed by atoms with Gasteiger partial charge in [-0.1, -0.05) is 0 Å². The van der Waals surface area contributed by atoms with Gasteiger partial charge in [0.2, 0.25) is 0 Å². The topological polar surface area (TPSA) is 83.3 Å². The Bertz CT molecular complexity index is 962. The molecule has 3 aromatic rings. The van der Waals surface area contributed by atoms with Crippen LogP contribution in [0.5, 0.6) is 11.8 Å². The molecule has 8 heteroatoms. The van der Waals surface area contributed by atoms with Crippen LogP contribution in [0.4, 0.5) is 0 Å². The van der Waals surface area contributed by atoms with Gasteiger partial charge in [0.25, 0.3) is 10.0 Å². The average Bonchev–Trinajstić information content (AvgIpc) is 2.92. The average molecular weight is 333 g/mol. The molecule has 3 rings (SSSR count). The predicted octanol–water partition coefficient (Wildman–Crippen LogP) is 1.99. The maximum atomic E-state index is 12.9. The first-order chi connectivity index (χ1) is 11.0. The van der Waals surface area contributed by atoms with Gasteiger partial charge >= 0.3 is 6.01 Å². The number of nitrogens with zero attached hydrogens (tertiary/aromatic N) is 3. The quantitative estimate of drug-likeness (QED) is 0.726. The number of hydrogen-bond donors (Lipinski definition) is 0. The van der Waals surface area contributed by atoms with Gasteiger partial charge in [-0.25, -0.2) is 17.4 Å². The molecule has 1 aromatic carbocycles. The van der Waals surface area contributed by atoms with Gasteiger partial charge in [-0.2, -0.15) is 4.98 Å². The Morgan fingerprint density at radius 1 is 1.09 bits per heavy atom. The lowest BCUT2D eigenvalue weighted by Crippen LogP contribution is -2.12. The Kier molecular flexibility index (Phi) is 3.69. The number of methoxy groups -OCH3 is 2. The third-order valence-corrected chi connectivity index (χ3v) is 5.15. The minimum atomic E-state index is -3.78. The lowest BCUT2D eigenvalue weighted by atomic mass is 10.3. The fourth-order valence-corrected chi connectivity index (χ4v) is 3.62. The van der Waals surface area contributed by atoms with E-state index in [0.717, 1.165) is 9.54 Å². The van der Waals surface area contributed by atoms with Crippen molar-refractivity contribution < 1.29 is 17.9 Å². The summed E-state index contributed by atoms with van der Waals surface area (Å²) in [5.74, 6) is 0.585. The van der Waals surface area contributed by atoms with Gasteiger partial charge in [0.05, 0.1) is 19.1 Å². The third-order valence-electron chi connectivity index (χ3n) is 3.49. The van der Waals surface area contributed by atoms with Crippen molar-refractivity contribution in [1.29, 1.82) is 0 Å². The number of aryl methyl sites for hydroxylation is 1. The standard InChI is InChI=1S/C15H15N3O4S/c1-10-9-18(14-13(10)8-16-15(17-14)22-3)23(19,20)12-6-4-11(21-2)5-7-12/h4-9H,1-3H3. The van der Waals surface area contributed by atoms with Crippen LogP contribution in [0.25, 0.3) is 11.0 Å². The van der Waals surface area contributed by atoms with Crippen molar-refractivity contribution in [3.63, 3.8) is 0 Å². The largest absolute Gasteiger partial charge is 0.497 e. The highest BCUT2D eigenvalue weighted by molar-refractivity contribution is 7.90. The summed E-state index contributed by atoms with van der Waals surface area (Å²) in [6.45, 7) is 1.80. The van der Waals surface area contributed by atoms with Gasteiger partial charge in [-0.15, -0.1) is 0 Å². The van der Waals surface area contributed by atoms with Gasteiger partial charge in [-0.05, 0) is 36.8 Å². The minimum Gasteiger partial charge on any atom is -0.497 e. The summed E-state index contributed by atoms with van der Waals surface area (Å²) < 4.78 is 36.9. The fourth-order valence-electron chi connectivity index (χ4n) is 2.25. The molecule has 0 aliphatic rings. The van der Waals surface area contributed by atoms with Gasteiger partial charge in [0.1, 0.15) is 5.75 Å². The zero-order chi connectivity index (χ0) is 16.6. The van der Waals surface area contributed by atoms with Crippen LogP contribution in [0.15, 0.2) is 41.6 Å². The van der Waals surface area contributed by atoms with E-state index in [2.05, 4.69) is 9.97 Å². The summed E-state index contributed by atoms with van der Waals surface area (Å²) >= 11 is 0. The van der Waals surface area contributed by atoms with E-state index < -0.39 is 10.0 Å². The van der Waals surface area contributed by atoms with Crippen LogP contribution in [0.3, 0.4) is 0 Å². The molecule has 0 spiro atoms. The Labute approximate surface area is 133 Å². The number of ether oxygens (including phenoxy) is 2. The monoisotopic (exact) mass is 333 g/mol. The highest BCUT2D eigenvalue weighted by Gasteiger charge is 2.22. The molecule has 0 bridgehead atoms. The van der Waals surface area contributed by atoms with E-state index in [0.29, 0.717) is 11.1 Å². The number of fused-ring (bicyclic) bond motifs is 1. The van der Waals surface area contributed by atoms with Crippen molar-refractivity contribution in [3.05, 3.63) is 42.2 Å². The Morgan fingerprint density at radius 3 is 2.39 bits per heavy atom. The van der Waals surface area contributed by atoms with E-state index in [9.17, 15) is 8.42 Å². The molecular formula is C15H15N3O4S. The molecule has 0 radical (unpaired) electrons. The van der Waals surface area contributed by atoms with Crippen molar-refractivity contribution in [1.82, 2.24) is 13.9 Å². The summed E-state index contributed by atoms with van der Waals surface area (Å²) in [6, 6.07) is 6.30. The molecule has 0 aliphatic carbocycles. The first-order valence-corrected chi connectivity index (χ1v) is 8.19. The highest BCUT2D eigenvalue weighted by Crippen LogP contribution is 2.25. The summed E-state index contributed by atoms with van der Waals surface area (Å²) in [5.41, 5.74) is 1.05. The van der Waals surface area contributed by atoms with Crippen LogP contribution in [0.2, 0.25) is 0 Å². The van der Waals surface area contributed by atoms with Gasteiger partial charge < -0.3 is 9.47 Å². The summed E-state index contributed by atoms with van der Waals surface area (Å²) in [6.07, 6.45) is 3.08. The van der Waals surface area contributed by atoms with E-state index in [-0.39, 0.29) is 16.6 Å². The maximum Gasteiger partial charge on any atom is 0.318 e. The number of benzene rings is 1. The van der Waals surface area contributed by atoms with Gasteiger partial charge in [0.15, 0.2) is 5.65 Å². The molecule has 0 fully saturated rings. The second-order valence-corrected chi connectivity index (χ2v) is 6.70. The Morgan fingerprint density at radius 2 is 1.78 bits per heavy atom. The highest BCUT2D eigenvalue weighted by atomic mass is 32.2. The molecule has 0 N–H and O–H groups in total. The first kappa shape index (κ1) is 15.3. The van der Waals surface area contributed by atoms with Crippen molar-refractivity contribution >= 4 is 21.1 Å². The van der Waals surface area contributed by atoms with Gasteiger partial charge in [0, 0.05) is 17.8 Å². The van der Waals surface area contributed by atoms with Gasteiger partial charge in [-0.3, -0.25) is 0 Å². The molecule has 2 aromatic heterocycles. The molecule has 23 heavy (non-hydrogen) atoms. The molecule has 2 heterocycles. The fraction of sp³-hybridized carbons (Fsp3) is 0.200. The Hall–Kier alpha value is -2.61. The van der Waals surface area contributed by atoms with Crippen LogP contribution in [0, 0.1) is 6.92 Å². The van der Waals surface area contributed by atoms with Crippen molar-refractivity contribution in [3.8, 4) is 11.8 Å². The SMILES string of the molecule is COc1ccc(S(=O)(=O)n2cc(C)c3cnc(OC)nc32)cc1. The molecule has 0 saturated heterocycles. The zero-order valence-corrected chi connectivity index (χ0v) is 13.7. The molecule has 0 unspecified atom stereocenters. The third kappa shape index (κ3) is 2.50. The molecule has 0 amide bonds. The smallest absolute Gasteiger partial charge is 0.318 e. The van der Waals surface area contributed by atoms with E-state index >= 15 is 0 Å². The molecule has 0 saturated carbocycles. The molecule has 0 aliphatic heterocycles. The van der Waals surface area contributed by atoms with Crippen LogP contribution >= 0.6 is 0 Å². The van der Waals surface area contributed by atoms with Crippen LogP contribution < -0.4 is 9.47 Å². The van der Waals surface area contributed by atoms with E-state index in [1.165, 1.54) is 32.5 Å². The molecule has 0 atom stereocenters. The van der Waals surface area contributed by atoms with Crippen molar-refractivity contribution in [2.45, 2.75) is 11.8 Å². The lowest BCUT2D eigenvalue weighted by Gasteiger charge is -2.08. The first-order valence-electron chi connectivity index (χ1n) is 6.75. The van der Waals surface area contributed by atoms with Crippen molar-refractivity contribution in [2.75, 3.05) is 14.2 Å². The second kappa shape index (κ2) is 5.54. The Balaban J connectivity index is 2.21. The van der Waals surface area contributed by atoms with Crippen LogP contribution in [-0.4, -0.2) is 36.6 Å². The molecule has 7 nitrogen and oxygen atoms in total. The zero-order valence-electron chi connectivity index (χ0n) is 12.8. The summed E-state index contributed by atoms with van der Waals surface area (Å²) in [4.78, 5) is 8.33. The molecular weight excluding hydrogens is 318 g/mol. The van der Waals surface area contributed by atoms with E-state index in [1.54, 1.807) is 25.3 Å². The van der Waals surface area contributed by atoms with Crippen molar-refractivity contribution in [2.24, 2.45) is 0 Å². The van der Waals surface area contributed by atoms with E-state index in [1.807, 2.05) is 0 Å². The minimum absolute atomic E-state index is 0.113. The number of rotatable bonds is 4. The van der Waals surface area contributed by atoms with Crippen LogP contribution in [0.1, 0.15) is 5.56 Å². The normalized spacial score (nSPS) is 11.6. The number of hydrogen-bond acceptors (Lipinski definition) is 6. The van der Waals surface area contributed by atoms with E-state index in [4.69, 9.17) is 9.47 Å². The second-order valence-electron chi connectivity index (χ2n) is 4.88. The van der Waals surface area contributed by atoms with Crippen LogP contribution in [-0.2, 0) is 10.0 Å². The maximum absolute atomic E-state index is 12.9. The predicted molar refractivity (Wildman–Crippen MR) is 84.4 cm³/mol. The summed E-state index contributed by atoms with van der Waals surface area (Å²) in [5, 5.41) is 0.655. The summed E-state index contributed by atoms with van der Waals surface area (Å²) in [7, 11) is -0.826. The molecule has 120 valence electrons.